The summed E-state index contributed by atoms with van der Waals surface area (Å²) in [4.78, 5) is 16.7. The molecule has 2 rings (SSSR count). The second-order valence-corrected chi connectivity index (χ2v) is 5.52. The van der Waals surface area contributed by atoms with E-state index in [2.05, 4.69) is 31.5 Å². The number of hydrogen-bond acceptors (Lipinski definition) is 3. The third-order valence-corrected chi connectivity index (χ3v) is 3.25. The minimum atomic E-state index is -0.294. The molecule has 88 valence electrons. The second-order valence-electron chi connectivity index (χ2n) is 3.37. The highest BCUT2D eigenvalue weighted by Crippen LogP contribution is 2.18. The van der Waals surface area contributed by atoms with Crippen LogP contribution in [0.3, 0.4) is 0 Å². The van der Waals surface area contributed by atoms with E-state index < -0.39 is 0 Å². The number of thiazole rings is 1. The fraction of sp³-hybridized carbons (Fsp3) is 0.0909. The molecule has 0 aliphatic heterocycles. The molecule has 0 bridgehead atoms. The van der Waals surface area contributed by atoms with Crippen molar-refractivity contribution in [2.75, 3.05) is 10.6 Å². The SMILES string of the molecule is Cc1cnc(NC(=O)Nc2cccc(Br)c2)s1. The molecule has 0 fully saturated rings. The Morgan fingerprint density at radius 2 is 2.24 bits per heavy atom. The summed E-state index contributed by atoms with van der Waals surface area (Å²) in [5.41, 5.74) is 0.727. The summed E-state index contributed by atoms with van der Waals surface area (Å²) in [5.74, 6) is 0. The smallest absolute Gasteiger partial charge is 0.308 e. The van der Waals surface area contributed by atoms with Crippen LogP contribution in [0.4, 0.5) is 15.6 Å². The Hall–Kier alpha value is -1.40. The number of hydrogen-bond donors (Lipinski definition) is 2. The molecule has 17 heavy (non-hydrogen) atoms. The Labute approximate surface area is 111 Å². The first-order valence-corrected chi connectivity index (χ1v) is 6.50. The molecule has 0 aliphatic rings. The number of aryl methyl sites for hydroxylation is 1. The van der Waals surface area contributed by atoms with Crippen LogP contribution < -0.4 is 10.6 Å². The first-order valence-electron chi connectivity index (χ1n) is 4.89. The van der Waals surface area contributed by atoms with E-state index in [1.807, 2.05) is 31.2 Å². The average Bonchev–Trinajstić information content (AvgIpc) is 2.63. The van der Waals surface area contributed by atoms with Crippen LogP contribution in [0.15, 0.2) is 34.9 Å². The van der Waals surface area contributed by atoms with E-state index in [0.717, 1.165) is 15.0 Å². The van der Waals surface area contributed by atoms with E-state index in [1.54, 1.807) is 6.20 Å². The molecule has 0 radical (unpaired) electrons. The Kier molecular flexibility index (Phi) is 3.75. The summed E-state index contributed by atoms with van der Waals surface area (Å²) in [7, 11) is 0. The van der Waals surface area contributed by atoms with Gasteiger partial charge >= 0.3 is 6.03 Å². The van der Waals surface area contributed by atoms with Gasteiger partial charge in [-0.3, -0.25) is 5.32 Å². The highest BCUT2D eigenvalue weighted by molar-refractivity contribution is 9.10. The van der Waals surface area contributed by atoms with Gasteiger partial charge in [0.1, 0.15) is 0 Å². The number of halogens is 1. The van der Waals surface area contributed by atoms with Gasteiger partial charge in [0, 0.05) is 21.2 Å². The summed E-state index contributed by atoms with van der Waals surface area (Å²) in [6.45, 7) is 1.94. The van der Waals surface area contributed by atoms with Crippen molar-refractivity contribution in [1.82, 2.24) is 4.98 Å². The van der Waals surface area contributed by atoms with E-state index in [-0.39, 0.29) is 6.03 Å². The Balaban J connectivity index is 1.98. The number of rotatable bonds is 2. The molecule has 1 aromatic heterocycles. The molecule has 6 heteroatoms. The standard InChI is InChI=1S/C11H10BrN3OS/c1-7-6-13-11(17-7)15-10(16)14-9-4-2-3-8(12)5-9/h2-6H,1H3,(H2,13,14,15,16). The number of amides is 2. The summed E-state index contributed by atoms with van der Waals surface area (Å²) in [6.07, 6.45) is 1.72. The summed E-state index contributed by atoms with van der Waals surface area (Å²) < 4.78 is 0.917. The van der Waals surface area contributed by atoms with E-state index in [1.165, 1.54) is 11.3 Å². The molecule has 2 N–H and O–H groups in total. The number of carbonyl (C=O) groups is 1. The van der Waals surface area contributed by atoms with Crippen LogP contribution in [0, 0.1) is 6.92 Å². The molecule has 2 amide bonds. The Morgan fingerprint density at radius 1 is 1.41 bits per heavy atom. The van der Waals surface area contributed by atoms with Gasteiger partial charge in [0.2, 0.25) is 0 Å². The van der Waals surface area contributed by atoms with Gasteiger partial charge in [-0.1, -0.05) is 22.0 Å². The Bertz CT molecular complexity index is 541. The van der Waals surface area contributed by atoms with Gasteiger partial charge in [-0.15, -0.1) is 11.3 Å². The summed E-state index contributed by atoms with van der Waals surface area (Å²) in [5, 5.41) is 5.99. The van der Waals surface area contributed by atoms with Gasteiger partial charge in [-0.05, 0) is 25.1 Å². The largest absolute Gasteiger partial charge is 0.325 e. The zero-order valence-electron chi connectivity index (χ0n) is 9.03. The second kappa shape index (κ2) is 5.29. The number of nitrogens with one attached hydrogen (secondary N) is 2. The topological polar surface area (TPSA) is 54.0 Å². The van der Waals surface area contributed by atoms with E-state index >= 15 is 0 Å². The average molecular weight is 312 g/mol. The fourth-order valence-corrected chi connectivity index (χ4v) is 2.30. The van der Waals surface area contributed by atoms with Crippen molar-refractivity contribution in [3.63, 3.8) is 0 Å². The van der Waals surface area contributed by atoms with E-state index in [0.29, 0.717) is 5.13 Å². The van der Waals surface area contributed by atoms with Crippen LogP contribution in [-0.4, -0.2) is 11.0 Å². The molecule has 0 spiro atoms. The molecule has 4 nitrogen and oxygen atoms in total. The highest BCUT2D eigenvalue weighted by Gasteiger charge is 2.05. The van der Waals surface area contributed by atoms with Gasteiger partial charge in [0.15, 0.2) is 5.13 Å². The van der Waals surface area contributed by atoms with Gasteiger partial charge in [0.05, 0.1) is 0 Å². The van der Waals surface area contributed by atoms with Gasteiger partial charge in [-0.25, -0.2) is 9.78 Å². The summed E-state index contributed by atoms with van der Waals surface area (Å²) in [6, 6.07) is 7.10. The van der Waals surface area contributed by atoms with Crippen LogP contribution in [0.2, 0.25) is 0 Å². The molecule has 1 aromatic carbocycles. The lowest BCUT2D eigenvalue weighted by molar-refractivity contribution is 0.262. The Morgan fingerprint density at radius 3 is 2.88 bits per heavy atom. The van der Waals surface area contributed by atoms with Crippen LogP contribution in [-0.2, 0) is 0 Å². The third-order valence-electron chi connectivity index (χ3n) is 1.92. The first-order chi connectivity index (χ1) is 8.13. The molecule has 2 aromatic rings. The normalized spacial score (nSPS) is 10.0. The number of benzene rings is 1. The van der Waals surface area contributed by atoms with Crippen molar-refractivity contribution in [2.24, 2.45) is 0 Å². The first kappa shape index (κ1) is 12.1. The molecule has 0 atom stereocenters. The molecular formula is C11H10BrN3OS. The van der Waals surface area contributed by atoms with Crippen LogP contribution in [0.25, 0.3) is 0 Å². The van der Waals surface area contributed by atoms with Crippen molar-refractivity contribution < 1.29 is 4.79 Å². The lowest BCUT2D eigenvalue weighted by Gasteiger charge is -2.05. The number of carbonyl (C=O) groups excluding carboxylic acids is 1. The minimum Gasteiger partial charge on any atom is -0.308 e. The predicted octanol–water partition coefficient (Wildman–Crippen LogP) is 3.86. The van der Waals surface area contributed by atoms with Gasteiger partial charge < -0.3 is 5.32 Å². The maximum Gasteiger partial charge on any atom is 0.325 e. The lowest BCUT2D eigenvalue weighted by atomic mass is 10.3. The van der Waals surface area contributed by atoms with Crippen LogP contribution in [0.5, 0.6) is 0 Å². The van der Waals surface area contributed by atoms with Crippen molar-refractivity contribution in [3.05, 3.63) is 39.8 Å². The maximum atomic E-state index is 11.6. The zero-order valence-corrected chi connectivity index (χ0v) is 11.4. The molecule has 1 heterocycles. The van der Waals surface area contributed by atoms with E-state index in [9.17, 15) is 4.79 Å². The van der Waals surface area contributed by atoms with Crippen LogP contribution in [0.1, 0.15) is 4.88 Å². The molecule has 0 aliphatic carbocycles. The van der Waals surface area contributed by atoms with Crippen LogP contribution >= 0.6 is 27.3 Å². The van der Waals surface area contributed by atoms with Gasteiger partial charge in [-0.2, -0.15) is 0 Å². The van der Waals surface area contributed by atoms with E-state index in [4.69, 9.17) is 0 Å². The maximum absolute atomic E-state index is 11.6. The molecule has 0 unspecified atom stereocenters. The van der Waals surface area contributed by atoms with Crippen molar-refractivity contribution in [2.45, 2.75) is 6.92 Å². The number of urea groups is 1. The minimum absolute atomic E-state index is 0.294. The van der Waals surface area contributed by atoms with Crippen molar-refractivity contribution >= 4 is 44.1 Å². The number of anilines is 2. The predicted molar refractivity (Wildman–Crippen MR) is 73.6 cm³/mol. The quantitative estimate of drug-likeness (QED) is 0.885. The third kappa shape index (κ3) is 3.54. The van der Waals surface area contributed by atoms with Crippen molar-refractivity contribution in [1.29, 1.82) is 0 Å². The summed E-state index contributed by atoms with van der Waals surface area (Å²) >= 11 is 4.78. The molecule has 0 saturated carbocycles. The number of nitrogens with zero attached hydrogens (tertiary/aromatic N) is 1. The molecular weight excluding hydrogens is 302 g/mol. The lowest BCUT2D eigenvalue weighted by Crippen LogP contribution is -2.19. The number of aromatic nitrogens is 1. The molecule has 0 saturated heterocycles. The zero-order chi connectivity index (χ0) is 12.3. The highest BCUT2D eigenvalue weighted by atomic mass is 79.9. The monoisotopic (exact) mass is 311 g/mol. The fourth-order valence-electron chi connectivity index (χ4n) is 1.24. The van der Waals surface area contributed by atoms with Crippen molar-refractivity contribution in [3.8, 4) is 0 Å². The van der Waals surface area contributed by atoms with Gasteiger partial charge in [0.25, 0.3) is 0 Å².